The minimum absolute atomic E-state index is 0. The quantitative estimate of drug-likeness (QED) is 0.224. The number of hydrogen-bond donors (Lipinski definition) is 1. The lowest BCUT2D eigenvalue weighted by Gasteiger charge is -2.03. The summed E-state index contributed by atoms with van der Waals surface area (Å²) in [5.41, 5.74) is 0. The van der Waals surface area contributed by atoms with Crippen molar-refractivity contribution >= 4 is 14.4 Å². The molecule has 2 nitrogen and oxygen atoms in total. The van der Waals surface area contributed by atoms with Crippen molar-refractivity contribution in [1.82, 2.24) is 0 Å². The highest BCUT2D eigenvalue weighted by Gasteiger charge is 1.97. The maximum Gasteiger partial charge on any atom is 0.303 e. The second kappa shape index (κ2) is 21.5. The van der Waals surface area contributed by atoms with Crippen molar-refractivity contribution in [3.8, 4) is 0 Å². The molecule has 0 bridgehead atoms. The van der Waals surface area contributed by atoms with Crippen LogP contribution in [0.3, 0.4) is 0 Å². The molecule has 0 aliphatic heterocycles. The minimum Gasteiger partial charge on any atom is -0.481 e. The normalized spacial score (nSPS) is 10.5. The van der Waals surface area contributed by atoms with Gasteiger partial charge in [-0.15, -0.1) is 0 Å². The van der Waals surface area contributed by atoms with Crippen LogP contribution in [0.5, 0.6) is 0 Å². The fraction of sp³-hybridized carbons (Fsp3) is 0.950. The molecule has 0 rings (SSSR count). The molecule has 0 aromatic carbocycles. The number of rotatable bonds is 18. The van der Waals surface area contributed by atoms with Crippen molar-refractivity contribution in [3.05, 3.63) is 0 Å². The van der Waals surface area contributed by atoms with E-state index in [0.717, 1.165) is 12.8 Å². The molecule has 135 valence electrons. The average molecular weight is 323 g/mol. The molecule has 1 N–H and O–H groups in total. The van der Waals surface area contributed by atoms with Crippen LogP contribution in [-0.2, 0) is 4.79 Å². The average Bonchev–Trinajstić information content (AvgIpc) is 2.50. The van der Waals surface area contributed by atoms with E-state index in [0.29, 0.717) is 6.42 Å². The first-order chi connectivity index (χ1) is 10.8. The smallest absolute Gasteiger partial charge is 0.303 e. The van der Waals surface area contributed by atoms with Gasteiger partial charge in [0.25, 0.3) is 0 Å². The molecule has 0 aliphatic carbocycles. The molecule has 0 aromatic rings. The lowest BCUT2D eigenvalue weighted by molar-refractivity contribution is -0.137. The maximum atomic E-state index is 10.4. The van der Waals surface area contributed by atoms with Crippen LogP contribution in [0.15, 0.2) is 0 Å². The van der Waals surface area contributed by atoms with Gasteiger partial charge in [0, 0.05) is 14.8 Å². The van der Waals surface area contributed by atoms with Gasteiger partial charge in [-0.25, -0.2) is 0 Å². The number of carboxylic acid groups (broad SMARTS) is 1. The fourth-order valence-corrected chi connectivity index (χ4v) is 3.00. The Kier molecular flexibility index (Phi) is 23.2. The molecule has 0 fully saturated rings. The fourth-order valence-electron chi connectivity index (χ4n) is 3.00. The number of aliphatic carboxylic acids is 1. The van der Waals surface area contributed by atoms with Gasteiger partial charge < -0.3 is 5.11 Å². The van der Waals surface area contributed by atoms with Crippen molar-refractivity contribution in [1.29, 1.82) is 0 Å². The summed E-state index contributed by atoms with van der Waals surface area (Å²) in [6.07, 6.45) is 23.1. The third-order valence-electron chi connectivity index (χ3n) is 4.49. The zero-order chi connectivity index (χ0) is 16.3. The number of carbonyl (C=O) groups is 1. The Bertz CT molecular complexity index is 232. The predicted molar refractivity (Wildman–Crippen MR) is 102 cm³/mol. The van der Waals surface area contributed by atoms with Gasteiger partial charge in [-0.1, -0.05) is 110 Å². The van der Waals surface area contributed by atoms with Crippen LogP contribution in [-0.4, -0.2) is 19.5 Å². The van der Waals surface area contributed by atoms with Crippen molar-refractivity contribution in [2.24, 2.45) is 0 Å². The molecule has 0 atom stereocenters. The summed E-state index contributed by atoms with van der Waals surface area (Å²) in [6.45, 7) is 2.28. The van der Waals surface area contributed by atoms with Crippen LogP contribution in [0.25, 0.3) is 0 Å². The first kappa shape index (κ1) is 24.8. The van der Waals surface area contributed by atoms with Gasteiger partial charge in [0.05, 0.1) is 0 Å². The summed E-state index contributed by atoms with van der Waals surface area (Å²) in [6, 6.07) is 0. The molecule has 3 radical (unpaired) electrons. The van der Waals surface area contributed by atoms with Crippen LogP contribution in [0, 0.1) is 0 Å². The highest BCUT2D eigenvalue weighted by atomic mass is 16.4. The van der Waals surface area contributed by atoms with E-state index in [1.54, 1.807) is 0 Å². The van der Waals surface area contributed by atoms with Gasteiger partial charge in [-0.05, 0) is 6.42 Å². The Morgan fingerprint density at radius 1 is 0.565 bits per heavy atom. The van der Waals surface area contributed by atoms with Crippen LogP contribution in [0.4, 0.5) is 0 Å². The van der Waals surface area contributed by atoms with Crippen LogP contribution >= 0.6 is 0 Å². The molecule has 0 saturated heterocycles. The molecule has 3 heteroatoms. The zero-order valence-corrected chi connectivity index (χ0v) is 15.7. The first-order valence-electron chi connectivity index (χ1n) is 9.99. The lowest BCUT2D eigenvalue weighted by atomic mass is 10.0. The van der Waals surface area contributed by atoms with E-state index in [-0.39, 0.29) is 8.41 Å². The second-order valence-electron chi connectivity index (χ2n) is 6.80. The summed E-state index contributed by atoms with van der Waals surface area (Å²) in [5.74, 6) is -0.652. The topological polar surface area (TPSA) is 37.3 Å². The summed E-state index contributed by atoms with van der Waals surface area (Å²) < 4.78 is 0. The molecule has 0 saturated carbocycles. The SMILES string of the molecule is CCCCCCCCCCCCCCCCCCCC(=O)O.[B]. The molecule has 0 aliphatic rings. The van der Waals surface area contributed by atoms with E-state index in [1.165, 1.54) is 96.3 Å². The Labute approximate surface area is 147 Å². The molecule has 0 heterocycles. The Hall–Kier alpha value is -0.465. The second-order valence-corrected chi connectivity index (χ2v) is 6.80. The highest BCUT2D eigenvalue weighted by molar-refractivity contribution is 5.75. The molecule has 0 spiro atoms. The van der Waals surface area contributed by atoms with Gasteiger partial charge in [0.2, 0.25) is 0 Å². The molecular formula is C20H40BO2. The number of unbranched alkanes of at least 4 members (excludes halogenated alkanes) is 16. The molecule has 0 aromatic heterocycles. The van der Waals surface area contributed by atoms with Crippen LogP contribution in [0.1, 0.15) is 122 Å². The lowest BCUT2D eigenvalue weighted by Crippen LogP contribution is -1.93. The third-order valence-corrected chi connectivity index (χ3v) is 4.49. The summed E-state index contributed by atoms with van der Waals surface area (Å²) in [4.78, 5) is 10.4. The Morgan fingerprint density at radius 3 is 1.09 bits per heavy atom. The van der Waals surface area contributed by atoms with Gasteiger partial charge >= 0.3 is 5.97 Å². The van der Waals surface area contributed by atoms with Gasteiger partial charge in [0.15, 0.2) is 0 Å². The van der Waals surface area contributed by atoms with E-state index in [1.807, 2.05) is 0 Å². The van der Waals surface area contributed by atoms with E-state index < -0.39 is 5.97 Å². The monoisotopic (exact) mass is 323 g/mol. The minimum atomic E-state index is -0.652. The van der Waals surface area contributed by atoms with Crippen molar-refractivity contribution in [2.75, 3.05) is 0 Å². The standard InChI is InChI=1S/C20H40O2.B/c1-2-3-4-5-6-7-8-9-10-11-12-13-14-15-16-17-18-19-20(21)22;/h2-19H2,1H3,(H,21,22);. The largest absolute Gasteiger partial charge is 0.481 e. The third kappa shape index (κ3) is 23.9. The zero-order valence-electron chi connectivity index (χ0n) is 15.7. The first-order valence-corrected chi connectivity index (χ1v) is 9.99. The summed E-state index contributed by atoms with van der Waals surface area (Å²) >= 11 is 0. The van der Waals surface area contributed by atoms with E-state index >= 15 is 0 Å². The predicted octanol–water partition coefficient (Wildman–Crippen LogP) is 6.73. The Balaban J connectivity index is 0. The molecule has 0 amide bonds. The number of hydrogen-bond acceptors (Lipinski definition) is 1. The van der Waals surface area contributed by atoms with E-state index in [9.17, 15) is 4.79 Å². The molecule has 0 unspecified atom stereocenters. The van der Waals surface area contributed by atoms with E-state index in [2.05, 4.69) is 6.92 Å². The van der Waals surface area contributed by atoms with E-state index in [4.69, 9.17) is 5.11 Å². The van der Waals surface area contributed by atoms with Gasteiger partial charge in [0.1, 0.15) is 0 Å². The van der Waals surface area contributed by atoms with Crippen LogP contribution < -0.4 is 0 Å². The van der Waals surface area contributed by atoms with Crippen molar-refractivity contribution in [2.45, 2.75) is 122 Å². The van der Waals surface area contributed by atoms with Gasteiger partial charge in [-0.3, -0.25) is 4.79 Å². The summed E-state index contributed by atoms with van der Waals surface area (Å²) in [7, 11) is 0. The highest BCUT2D eigenvalue weighted by Crippen LogP contribution is 2.14. The molecular weight excluding hydrogens is 283 g/mol. The molecule has 23 heavy (non-hydrogen) atoms. The number of carboxylic acids is 1. The Morgan fingerprint density at radius 2 is 0.826 bits per heavy atom. The van der Waals surface area contributed by atoms with Crippen molar-refractivity contribution < 1.29 is 9.90 Å². The van der Waals surface area contributed by atoms with Gasteiger partial charge in [-0.2, -0.15) is 0 Å². The maximum absolute atomic E-state index is 10.4. The van der Waals surface area contributed by atoms with Crippen LogP contribution in [0.2, 0.25) is 0 Å². The summed E-state index contributed by atoms with van der Waals surface area (Å²) in [5, 5.41) is 8.54. The van der Waals surface area contributed by atoms with Crippen molar-refractivity contribution in [3.63, 3.8) is 0 Å².